The molecule has 1 aromatic heterocycles. The summed E-state index contributed by atoms with van der Waals surface area (Å²) in [6.45, 7) is 2.40. The SMILES string of the molecule is Cc1cc(F)ccc1-c1ccc(CNc2ccc([S@@](C)=O)cc2)o1. The van der Waals surface area contributed by atoms with Crippen LogP contribution in [0.1, 0.15) is 11.3 Å². The first-order chi connectivity index (χ1) is 11.5. The summed E-state index contributed by atoms with van der Waals surface area (Å²) in [6.07, 6.45) is 1.66. The lowest BCUT2D eigenvalue weighted by Gasteiger charge is -2.06. The molecule has 0 fully saturated rings. The molecule has 3 aromatic rings. The third-order valence-electron chi connectivity index (χ3n) is 3.77. The molecule has 5 heteroatoms. The van der Waals surface area contributed by atoms with Crippen LogP contribution in [0.4, 0.5) is 10.1 Å². The molecule has 0 unspecified atom stereocenters. The molecule has 3 rings (SSSR count). The summed E-state index contributed by atoms with van der Waals surface area (Å²) in [5.74, 6) is 1.26. The van der Waals surface area contributed by atoms with Gasteiger partial charge in [0.2, 0.25) is 0 Å². The Labute approximate surface area is 143 Å². The zero-order valence-electron chi connectivity index (χ0n) is 13.5. The van der Waals surface area contributed by atoms with Crippen molar-refractivity contribution in [2.24, 2.45) is 0 Å². The van der Waals surface area contributed by atoms with Gasteiger partial charge in [-0.3, -0.25) is 4.21 Å². The highest BCUT2D eigenvalue weighted by Gasteiger charge is 2.08. The third kappa shape index (κ3) is 3.74. The molecule has 1 atom stereocenters. The maximum atomic E-state index is 13.2. The summed E-state index contributed by atoms with van der Waals surface area (Å²) >= 11 is 0. The second kappa shape index (κ2) is 7.01. The molecular weight excluding hydrogens is 325 g/mol. The first-order valence-corrected chi connectivity index (χ1v) is 9.11. The van der Waals surface area contributed by atoms with E-state index in [0.29, 0.717) is 6.54 Å². The van der Waals surface area contributed by atoms with Gasteiger partial charge in [0.15, 0.2) is 0 Å². The number of anilines is 1. The van der Waals surface area contributed by atoms with Gasteiger partial charge in [0.25, 0.3) is 0 Å². The second-order valence-electron chi connectivity index (χ2n) is 5.56. The number of furan rings is 1. The second-order valence-corrected chi connectivity index (χ2v) is 6.94. The lowest BCUT2D eigenvalue weighted by Crippen LogP contribution is -1.98. The number of halogens is 1. The quantitative estimate of drug-likeness (QED) is 0.727. The van der Waals surface area contributed by atoms with Crippen molar-refractivity contribution >= 4 is 16.5 Å². The smallest absolute Gasteiger partial charge is 0.134 e. The predicted octanol–water partition coefficient (Wildman–Crippen LogP) is 4.74. The van der Waals surface area contributed by atoms with Gasteiger partial charge < -0.3 is 9.73 Å². The highest BCUT2D eigenvalue weighted by atomic mass is 32.2. The van der Waals surface area contributed by atoms with E-state index in [-0.39, 0.29) is 5.82 Å². The molecule has 0 radical (unpaired) electrons. The molecule has 0 aliphatic heterocycles. The van der Waals surface area contributed by atoms with Crippen LogP contribution in [0, 0.1) is 12.7 Å². The maximum absolute atomic E-state index is 13.2. The first kappa shape index (κ1) is 16.5. The molecule has 1 heterocycles. The summed E-state index contributed by atoms with van der Waals surface area (Å²) in [7, 11) is -0.972. The number of benzene rings is 2. The Morgan fingerprint density at radius 1 is 1.08 bits per heavy atom. The fraction of sp³-hybridized carbons (Fsp3) is 0.158. The predicted molar refractivity (Wildman–Crippen MR) is 94.9 cm³/mol. The van der Waals surface area contributed by atoms with Crippen molar-refractivity contribution in [1.82, 2.24) is 0 Å². The summed E-state index contributed by atoms with van der Waals surface area (Å²) in [4.78, 5) is 0.799. The maximum Gasteiger partial charge on any atom is 0.134 e. The van der Waals surface area contributed by atoms with Crippen molar-refractivity contribution in [3.8, 4) is 11.3 Å². The van der Waals surface area contributed by atoms with Crippen LogP contribution in [0.3, 0.4) is 0 Å². The minimum Gasteiger partial charge on any atom is -0.459 e. The van der Waals surface area contributed by atoms with Crippen molar-refractivity contribution in [2.75, 3.05) is 11.6 Å². The van der Waals surface area contributed by atoms with E-state index in [9.17, 15) is 8.60 Å². The van der Waals surface area contributed by atoms with Gasteiger partial charge in [0, 0.05) is 33.2 Å². The van der Waals surface area contributed by atoms with Gasteiger partial charge in [0.05, 0.1) is 6.54 Å². The van der Waals surface area contributed by atoms with E-state index >= 15 is 0 Å². The van der Waals surface area contributed by atoms with Crippen molar-refractivity contribution in [3.05, 3.63) is 71.7 Å². The molecule has 0 spiro atoms. The standard InChI is InChI=1S/C19H18FNO2S/c1-13-11-14(20)3-9-18(13)19-10-6-16(23-19)12-21-15-4-7-17(8-5-15)24(2)22/h3-11,21H,12H2,1-2H3/t24-/m1/s1. The fourth-order valence-corrected chi connectivity index (χ4v) is 2.99. The van der Waals surface area contributed by atoms with Crippen molar-refractivity contribution in [2.45, 2.75) is 18.4 Å². The van der Waals surface area contributed by atoms with Crippen LogP contribution in [0.2, 0.25) is 0 Å². The molecule has 0 amide bonds. The Kier molecular flexibility index (Phi) is 4.81. The van der Waals surface area contributed by atoms with Crippen LogP contribution in [0.15, 0.2) is 63.9 Å². The summed E-state index contributed by atoms with van der Waals surface area (Å²) in [6, 6.07) is 15.9. The van der Waals surface area contributed by atoms with Gasteiger partial charge in [-0.1, -0.05) is 0 Å². The Morgan fingerprint density at radius 2 is 1.83 bits per heavy atom. The van der Waals surface area contributed by atoms with Gasteiger partial charge >= 0.3 is 0 Å². The van der Waals surface area contributed by atoms with Crippen LogP contribution in [-0.2, 0) is 17.3 Å². The highest BCUT2D eigenvalue weighted by molar-refractivity contribution is 7.84. The molecule has 124 valence electrons. The normalized spacial score (nSPS) is 12.1. The number of rotatable bonds is 5. The summed E-state index contributed by atoms with van der Waals surface area (Å²) in [5, 5.41) is 3.26. The lowest BCUT2D eigenvalue weighted by molar-refractivity contribution is 0.531. The topological polar surface area (TPSA) is 42.2 Å². The zero-order chi connectivity index (χ0) is 17.1. The van der Waals surface area contributed by atoms with E-state index in [0.717, 1.165) is 33.2 Å². The van der Waals surface area contributed by atoms with E-state index in [1.165, 1.54) is 12.1 Å². The number of aryl methyl sites for hydroxylation is 1. The van der Waals surface area contributed by atoms with Gasteiger partial charge in [-0.05, 0) is 67.1 Å². The molecule has 3 nitrogen and oxygen atoms in total. The van der Waals surface area contributed by atoms with Gasteiger partial charge in [-0.15, -0.1) is 0 Å². The first-order valence-electron chi connectivity index (χ1n) is 7.55. The molecule has 0 saturated heterocycles. The fourth-order valence-electron chi connectivity index (χ4n) is 2.47. The minimum atomic E-state index is -0.972. The molecule has 24 heavy (non-hydrogen) atoms. The Balaban J connectivity index is 1.69. The van der Waals surface area contributed by atoms with Gasteiger partial charge in [0.1, 0.15) is 17.3 Å². The van der Waals surface area contributed by atoms with Crippen molar-refractivity contribution in [3.63, 3.8) is 0 Å². The highest BCUT2D eigenvalue weighted by Crippen LogP contribution is 2.26. The number of hydrogen-bond acceptors (Lipinski definition) is 3. The van der Waals surface area contributed by atoms with Crippen LogP contribution < -0.4 is 5.32 Å². The Morgan fingerprint density at radius 3 is 2.50 bits per heavy atom. The monoisotopic (exact) mass is 343 g/mol. The number of hydrogen-bond donors (Lipinski definition) is 1. The zero-order valence-corrected chi connectivity index (χ0v) is 14.3. The van der Waals surface area contributed by atoms with Crippen molar-refractivity contribution in [1.29, 1.82) is 0 Å². The van der Waals surface area contributed by atoms with E-state index < -0.39 is 10.8 Å². The van der Waals surface area contributed by atoms with E-state index in [4.69, 9.17) is 4.42 Å². The molecular formula is C19H18FNO2S. The molecule has 1 N–H and O–H groups in total. The van der Waals surface area contributed by atoms with Gasteiger partial charge in [-0.2, -0.15) is 0 Å². The number of nitrogens with one attached hydrogen (secondary N) is 1. The van der Waals surface area contributed by atoms with Crippen LogP contribution in [0.25, 0.3) is 11.3 Å². The van der Waals surface area contributed by atoms with Crippen LogP contribution >= 0.6 is 0 Å². The molecule has 0 aliphatic carbocycles. The molecule has 0 bridgehead atoms. The van der Waals surface area contributed by atoms with E-state index in [1.807, 2.05) is 43.3 Å². The van der Waals surface area contributed by atoms with Crippen LogP contribution in [0.5, 0.6) is 0 Å². The lowest BCUT2D eigenvalue weighted by atomic mass is 10.1. The van der Waals surface area contributed by atoms with Gasteiger partial charge in [-0.25, -0.2) is 4.39 Å². The Bertz CT molecular complexity index is 871. The average Bonchev–Trinajstić information content (AvgIpc) is 3.02. The van der Waals surface area contributed by atoms with E-state index in [2.05, 4.69) is 5.32 Å². The average molecular weight is 343 g/mol. The van der Waals surface area contributed by atoms with Crippen LogP contribution in [-0.4, -0.2) is 10.5 Å². The van der Waals surface area contributed by atoms with E-state index in [1.54, 1.807) is 12.3 Å². The molecule has 2 aromatic carbocycles. The minimum absolute atomic E-state index is 0.249. The summed E-state index contributed by atoms with van der Waals surface area (Å²) in [5.41, 5.74) is 2.66. The molecule has 0 aliphatic rings. The third-order valence-corrected chi connectivity index (χ3v) is 4.70. The summed E-state index contributed by atoms with van der Waals surface area (Å²) < 4.78 is 30.4. The largest absolute Gasteiger partial charge is 0.459 e. The molecule has 0 saturated carbocycles. The van der Waals surface area contributed by atoms with Crippen molar-refractivity contribution < 1.29 is 13.0 Å². The Hall–Kier alpha value is -2.40.